The molecular weight excluding hydrogens is 394 g/mol. The fourth-order valence-corrected chi connectivity index (χ4v) is 3.49. The monoisotopic (exact) mass is 427 g/mol. The summed E-state index contributed by atoms with van der Waals surface area (Å²) in [5.41, 5.74) is 12.6. The van der Waals surface area contributed by atoms with Crippen LogP contribution >= 0.6 is 0 Å². The number of amides is 1. The van der Waals surface area contributed by atoms with Crippen LogP contribution in [0.5, 0.6) is 0 Å². The first-order valence-electron chi connectivity index (χ1n) is 10.6. The molecule has 0 atom stereocenters. The van der Waals surface area contributed by atoms with Crippen molar-refractivity contribution in [2.45, 2.75) is 26.8 Å². The van der Waals surface area contributed by atoms with Gasteiger partial charge in [-0.3, -0.25) is 9.79 Å². The van der Waals surface area contributed by atoms with Gasteiger partial charge in [0.1, 0.15) is 0 Å². The molecule has 0 aliphatic rings. The first kappa shape index (κ1) is 24.8. The van der Waals surface area contributed by atoms with Crippen LogP contribution in [0.25, 0.3) is 5.57 Å². The molecule has 0 radical (unpaired) electrons. The normalized spacial score (nSPS) is 12.4. The van der Waals surface area contributed by atoms with Crippen molar-refractivity contribution in [3.63, 3.8) is 0 Å². The van der Waals surface area contributed by atoms with Crippen molar-refractivity contribution < 1.29 is 4.79 Å². The average molecular weight is 428 g/mol. The Morgan fingerprint density at radius 1 is 1.09 bits per heavy atom. The molecule has 2 N–H and O–H groups in total. The zero-order chi connectivity index (χ0) is 23.7. The van der Waals surface area contributed by atoms with Gasteiger partial charge < -0.3 is 10.6 Å². The van der Waals surface area contributed by atoms with Crippen LogP contribution in [-0.4, -0.2) is 30.6 Å². The van der Waals surface area contributed by atoms with Crippen molar-refractivity contribution >= 4 is 22.9 Å². The van der Waals surface area contributed by atoms with E-state index in [2.05, 4.69) is 24.1 Å². The number of primary amides is 1. The molecule has 0 aromatic heterocycles. The van der Waals surface area contributed by atoms with Gasteiger partial charge in [-0.1, -0.05) is 73.9 Å². The highest BCUT2D eigenvalue weighted by Crippen LogP contribution is 2.33. The van der Waals surface area contributed by atoms with E-state index in [1.807, 2.05) is 82.6 Å². The zero-order valence-electron chi connectivity index (χ0n) is 19.6. The molecule has 0 fully saturated rings. The molecule has 0 bridgehead atoms. The molecule has 0 saturated heterocycles. The maximum Gasteiger partial charge on any atom is 0.248 e. The Morgan fingerprint density at radius 2 is 1.75 bits per heavy atom. The minimum atomic E-state index is -0.436. The first-order valence-corrected chi connectivity index (χ1v) is 10.6. The lowest BCUT2D eigenvalue weighted by Crippen LogP contribution is -2.14. The topological polar surface area (TPSA) is 58.7 Å². The molecule has 0 unspecified atom stereocenters. The molecule has 0 spiro atoms. The number of allylic oxidation sites excluding steroid dienone is 6. The van der Waals surface area contributed by atoms with E-state index < -0.39 is 5.91 Å². The molecule has 0 aliphatic carbocycles. The number of para-hydroxylation sites is 1. The van der Waals surface area contributed by atoms with E-state index in [1.54, 1.807) is 6.07 Å². The molecule has 166 valence electrons. The van der Waals surface area contributed by atoms with Crippen LogP contribution in [-0.2, 0) is 13.0 Å². The molecule has 1 amide bonds. The lowest BCUT2D eigenvalue weighted by Gasteiger charge is -2.18. The van der Waals surface area contributed by atoms with Gasteiger partial charge in [0.05, 0.1) is 5.69 Å². The standard InChI is InChI=1S/C28H33N3O/c1-7-9-13-22(8-2)21(4)30-27-24(19-31(5)6)15-12-17-25(27)20(3)18-23-14-10-11-16-26(23)28(29)32/h7-17H,2-3,18-19H2,1,4-6H3,(H2,29,32)/b9-7-,22-13+,30-21?. The lowest BCUT2D eigenvalue weighted by molar-refractivity contribution is 0.0999. The van der Waals surface area contributed by atoms with Gasteiger partial charge in [0, 0.05) is 23.4 Å². The Balaban J connectivity index is 2.58. The maximum atomic E-state index is 11.9. The molecule has 0 heterocycles. The Labute approximate surface area is 192 Å². The van der Waals surface area contributed by atoms with Gasteiger partial charge in [0.15, 0.2) is 0 Å². The van der Waals surface area contributed by atoms with Crippen LogP contribution in [0.3, 0.4) is 0 Å². The zero-order valence-corrected chi connectivity index (χ0v) is 19.6. The van der Waals surface area contributed by atoms with E-state index in [0.29, 0.717) is 12.0 Å². The molecule has 0 saturated carbocycles. The molecule has 2 rings (SSSR count). The summed E-state index contributed by atoms with van der Waals surface area (Å²) >= 11 is 0. The van der Waals surface area contributed by atoms with Crippen LogP contribution < -0.4 is 5.73 Å². The van der Waals surface area contributed by atoms with Gasteiger partial charge in [-0.25, -0.2) is 0 Å². The Hall–Kier alpha value is -3.50. The van der Waals surface area contributed by atoms with E-state index in [1.165, 1.54) is 0 Å². The highest BCUT2D eigenvalue weighted by Gasteiger charge is 2.15. The number of nitrogens with two attached hydrogens (primary N) is 1. The SMILES string of the molecule is C=C/C(=C\C=C/C)C(C)=Nc1c(CN(C)C)cccc1C(=C)Cc1ccccc1C(N)=O. The number of hydrogen-bond acceptors (Lipinski definition) is 3. The van der Waals surface area contributed by atoms with Gasteiger partial charge in [-0.05, 0) is 62.7 Å². The summed E-state index contributed by atoms with van der Waals surface area (Å²) < 4.78 is 0. The third kappa shape index (κ3) is 6.50. The summed E-state index contributed by atoms with van der Waals surface area (Å²) in [6.07, 6.45) is 8.26. The van der Waals surface area contributed by atoms with Crippen molar-refractivity contribution in [1.82, 2.24) is 4.90 Å². The van der Waals surface area contributed by atoms with Crippen molar-refractivity contribution in [1.29, 1.82) is 0 Å². The Morgan fingerprint density at radius 3 is 2.38 bits per heavy atom. The summed E-state index contributed by atoms with van der Waals surface area (Å²) in [5.74, 6) is -0.436. The minimum absolute atomic E-state index is 0.436. The van der Waals surface area contributed by atoms with E-state index in [-0.39, 0.29) is 0 Å². The van der Waals surface area contributed by atoms with Crippen LogP contribution in [0.15, 0.2) is 90.5 Å². The third-order valence-corrected chi connectivity index (χ3v) is 5.06. The summed E-state index contributed by atoms with van der Waals surface area (Å²) in [4.78, 5) is 19.0. The smallest absolute Gasteiger partial charge is 0.248 e. The van der Waals surface area contributed by atoms with E-state index in [0.717, 1.165) is 45.8 Å². The van der Waals surface area contributed by atoms with Crippen LogP contribution in [0.2, 0.25) is 0 Å². The maximum absolute atomic E-state index is 11.9. The number of benzene rings is 2. The molecule has 0 aliphatic heterocycles. The van der Waals surface area contributed by atoms with Gasteiger partial charge in [-0.15, -0.1) is 0 Å². The predicted octanol–water partition coefficient (Wildman–Crippen LogP) is 5.88. The molecule has 2 aromatic carbocycles. The Bertz CT molecular complexity index is 1090. The number of carbonyl (C=O) groups is 1. The quantitative estimate of drug-likeness (QED) is 0.380. The second-order valence-electron chi connectivity index (χ2n) is 7.90. The molecule has 4 nitrogen and oxygen atoms in total. The van der Waals surface area contributed by atoms with Crippen molar-refractivity contribution in [3.05, 3.63) is 108 Å². The van der Waals surface area contributed by atoms with Gasteiger partial charge in [0.2, 0.25) is 5.91 Å². The molecule has 32 heavy (non-hydrogen) atoms. The number of carbonyl (C=O) groups excluding carboxylic acids is 1. The third-order valence-electron chi connectivity index (χ3n) is 5.06. The second-order valence-corrected chi connectivity index (χ2v) is 7.90. The summed E-state index contributed by atoms with van der Waals surface area (Å²) in [7, 11) is 4.07. The summed E-state index contributed by atoms with van der Waals surface area (Å²) in [6, 6.07) is 13.5. The molecular formula is C28H33N3O. The summed E-state index contributed by atoms with van der Waals surface area (Å²) in [6.45, 7) is 13.0. The van der Waals surface area contributed by atoms with Gasteiger partial charge in [-0.2, -0.15) is 0 Å². The largest absolute Gasteiger partial charge is 0.366 e. The van der Waals surface area contributed by atoms with Gasteiger partial charge in [0.25, 0.3) is 0 Å². The number of nitrogens with zero attached hydrogens (tertiary/aromatic N) is 2. The van der Waals surface area contributed by atoms with Crippen molar-refractivity contribution in [2.24, 2.45) is 10.7 Å². The minimum Gasteiger partial charge on any atom is -0.366 e. The summed E-state index contributed by atoms with van der Waals surface area (Å²) in [5, 5.41) is 0. The highest BCUT2D eigenvalue weighted by atomic mass is 16.1. The van der Waals surface area contributed by atoms with Crippen LogP contribution in [0, 0.1) is 0 Å². The lowest BCUT2D eigenvalue weighted by atomic mass is 9.93. The fraction of sp³-hybridized carbons (Fsp3) is 0.214. The Kier molecular flexibility index (Phi) is 9.11. The fourth-order valence-electron chi connectivity index (χ4n) is 3.49. The number of hydrogen-bond donors (Lipinski definition) is 1. The second kappa shape index (κ2) is 11.8. The molecule has 4 heteroatoms. The highest BCUT2D eigenvalue weighted by molar-refractivity contribution is 6.03. The van der Waals surface area contributed by atoms with E-state index >= 15 is 0 Å². The van der Waals surface area contributed by atoms with E-state index in [4.69, 9.17) is 10.7 Å². The van der Waals surface area contributed by atoms with Gasteiger partial charge >= 0.3 is 0 Å². The predicted molar refractivity (Wildman–Crippen MR) is 137 cm³/mol. The average Bonchev–Trinajstić information content (AvgIpc) is 2.75. The van der Waals surface area contributed by atoms with Crippen LogP contribution in [0.4, 0.5) is 5.69 Å². The first-order chi connectivity index (χ1) is 15.3. The van der Waals surface area contributed by atoms with Crippen molar-refractivity contribution in [2.75, 3.05) is 14.1 Å². The van der Waals surface area contributed by atoms with Crippen molar-refractivity contribution in [3.8, 4) is 0 Å². The molecule has 2 aromatic rings. The van der Waals surface area contributed by atoms with E-state index in [9.17, 15) is 4.79 Å². The number of rotatable bonds is 10. The van der Waals surface area contributed by atoms with Crippen LogP contribution in [0.1, 0.15) is 40.9 Å². The number of aliphatic imine (C=N–C) groups is 1.